The third-order valence-corrected chi connectivity index (χ3v) is 4.12. The normalized spacial score (nSPS) is 12.2. The van der Waals surface area contributed by atoms with Crippen molar-refractivity contribution in [3.63, 3.8) is 0 Å². The lowest BCUT2D eigenvalue weighted by Crippen LogP contribution is -2.32. The minimum Gasteiger partial charge on any atom is -0.368 e. The van der Waals surface area contributed by atoms with Crippen molar-refractivity contribution in [2.45, 2.75) is 13.0 Å². The molecule has 0 spiro atoms. The van der Waals surface area contributed by atoms with Gasteiger partial charge in [-0.15, -0.1) is 11.3 Å². The third-order valence-electron chi connectivity index (χ3n) is 3.24. The van der Waals surface area contributed by atoms with Gasteiger partial charge in [0, 0.05) is 10.9 Å². The Kier molecular flexibility index (Phi) is 3.53. The van der Waals surface area contributed by atoms with Crippen LogP contribution in [0.15, 0.2) is 42.0 Å². The van der Waals surface area contributed by atoms with E-state index in [1.165, 1.54) is 6.33 Å². The van der Waals surface area contributed by atoms with Crippen LogP contribution in [-0.2, 0) is 4.79 Å². The third kappa shape index (κ3) is 2.57. The number of nitrogens with one attached hydrogen (secondary N) is 1. The Morgan fingerprint density at radius 3 is 2.76 bits per heavy atom. The van der Waals surface area contributed by atoms with Crippen molar-refractivity contribution >= 4 is 33.3 Å². The Hall–Kier alpha value is -2.47. The highest BCUT2D eigenvalue weighted by Gasteiger charge is 2.16. The number of hydrogen-bond donors (Lipinski definition) is 2. The number of hydrogen-bond acceptors (Lipinski definition) is 5. The summed E-state index contributed by atoms with van der Waals surface area (Å²) in [7, 11) is 0. The Bertz CT molecular complexity index is 785. The number of aromatic nitrogens is 2. The zero-order valence-corrected chi connectivity index (χ0v) is 12.2. The molecule has 0 fully saturated rings. The van der Waals surface area contributed by atoms with Gasteiger partial charge in [-0.2, -0.15) is 0 Å². The van der Waals surface area contributed by atoms with Gasteiger partial charge in [-0.1, -0.05) is 30.3 Å². The highest BCUT2D eigenvalue weighted by molar-refractivity contribution is 7.17. The van der Waals surface area contributed by atoms with Crippen molar-refractivity contribution in [2.75, 3.05) is 5.32 Å². The van der Waals surface area contributed by atoms with Crippen molar-refractivity contribution in [3.8, 4) is 11.1 Å². The number of amides is 1. The highest BCUT2D eigenvalue weighted by Crippen LogP contribution is 2.36. The van der Waals surface area contributed by atoms with Gasteiger partial charge in [0.15, 0.2) is 0 Å². The maximum absolute atomic E-state index is 11.3. The molecule has 0 aliphatic rings. The fourth-order valence-electron chi connectivity index (χ4n) is 2.09. The van der Waals surface area contributed by atoms with Crippen LogP contribution in [0.4, 0.5) is 5.82 Å². The molecule has 3 aromatic rings. The molecule has 2 heterocycles. The van der Waals surface area contributed by atoms with Crippen molar-refractivity contribution in [1.29, 1.82) is 0 Å². The van der Waals surface area contributed by atoms with E-state index in [0.29, 0.717) is 5.82 Å². The van der Waals surface area contributed by atoms with Gasteiger partial charge in [-0.05, 0) is 12.5 Å². The van der Waals surface area contributed by atoms with Gasteiger partial charge in [0.05, 0.1) is 5.39 Å². The van der Waals surface area contributed by atoms with E-state index < -0.39 is 11.9 Å². The molecule has 3 N–H and O–H groups in total. The lowest BCUT2D eigenvalue weighted by atomic mass is 10.1. The molecule has 1 amide bonds. The Morgan fingerprint density at radius 2 is 2.05 bits per heavy atom. The lowest BCUT2D eigenvalue weighted by molar-refractivity contribution is -0.118. The second-order valence-corrected chi connectivity index (χ2v) is 5.54. The highest BCUT2D eigenvalue weighted by atomic mass is 32.1. The minimum absolute atomic E-state index is 0.418. The van der Waals surface area contributed by atoms with E-state index in [1.54, 1.807) is 18.3 Å². The number of primary amides is 1. The lowest BCUT2D eigenvalue weighted by Gasteiger charge is -2.12. The molecular weight excluding hydrogens is 284 g/mol. The fraction of sp³-hybridized carbons (Fsp3) is 0.133. The second-order valence-electron chi connectivity index (χ2n) is 4.69. The second kappa shape index (κ2) is 5.49. The van der Waals surface area contributed by atoms with Crippen LogP contribution in [0.3, 0.4) is 0 Å². The van der Waals surface area contributed by atoms with E-state index in [-0.39, 0.29) is 0 Å². The number of carbonyl (C=O) groups is 1. The first-order chi connectivity index (χ1) is 10.2. The number of anilines is 1. The molecule has 0 bridgehead atoms. The molecule has 0 saturated carbocycles. The Labute approximate surface area is 125 Å². The molecule has 106 valence electrons. The molecule has 6 heteroatoms. The maximum Gasteiger partial charge on any atom is 0.239 e. The Balaban J connectivity index is 2.13. The van der Waals surface area contributed by atoms with E-state index in [4.69, 9.17) is 5.73 Å². The largest absolute Gasteiger partial charge is 0.368 e. The molecule has 0 aliphatic carbocycles. The number of benzene rings is 1. The van der Waals surface area contributed by atoms with Gasteiger partial charge in [0.2, 0.25) is 5.91 Å². The zero-order chi connectivity index (χ0) is 14.8. The molecule has 2 aromatic heterocycles. The van der Waals surface area contributed by atoms with Crippen LogP contribution >= 0.6 is 11.3 Å². The summed E-state index contributed by atoms with van der Waals surface area (Å²) in [6.07, 6.45) is 1.49. The molecule has 3 rings (SSSR count). The van der Waals surface area contributed by atoms with Crippen LogP contribution in [-0.4, -0.2) is 21.9 Å². The molecule has 1 unspecified atom stereocenters. The van der Waals surface area contributed by atoms with Crippen LogP contribution in [0.5, 0.6) is 0 Å². The number of rotatable bonds is 4. The molecule has 5 nitrogen and oxygen atoms in total. The molecule has 0 aliphatic heterocycles. The molecule has 0 saturated heterocycles. The minimum atomic E-state index is -0.494. The quantitative estimate of drug-likeness (QED) is 0.776. The summed E-state index contributed by atoms with van der Waals surface area (Å²) in [6.45, 7) is 1.71. The van der Waals surface area contributed by atoms with Crippen LogP contribution in [0, 0.1) is 0 Å². The van der Waals surface area contributed by atoms with Crippen LogP contribution in [0.1, 0.15) is 6.92 Å². The van der Waals surface area contributed by atoms with Crippen LogP contribution in [0.2, 0.25) is 0 Å². The predicted octanol–water partition coefficient (Wildman–Crippen LogP) is 2.64. The van der Waals surface area contributed by atoms with E-state index >= 15 is 0 Å². The summed E-state index contributed by atoms with van der Waals surface area (Å²) in [5.74, 6) is 0.213. The van der Waals surface area contributed by atoms with Crippen molar-refractivity contribution in [3.05, 3.63) is 42.0 Å². The van der Waals surface area contributed by atoms with Gasteiger partial charge >= 0.3 is 0 Å². The number of fused-ring (bicyclic) bond motifs is 1. The SMILES string of the molecule is CC(Nc1ncnc2scc(-c3ccccc3)c12)C(N)=O. The van der Waals surface area contributed by atoms with Crippen molar-refractivity contribution < 1.29 is 4.79 Å². The van der Waals surface area contributed by atoms with Gasteiger partial charge in [-0.25, -0.2) is 9.97 Å². The van der Waals surface area contributed by atoms with Crippen molar-refractivity contribution in [1.82, 2.24) is 9.97 Å². The molecule has 0 radical (unpaired) electrons. The summed E-state index contributed by atoms with van der Waals surface area (Å²) < 4.78 is 0. The predicted molar refractivity (Wildman–Crippen MR) is 85.1 cm³/mol. The topological polar surface area (TPSA) is 80.9 Å². The average Bonchev–Trinajstić information content (AvgIpc) is 2.93. The van der Waals surface area contributed by atoms with Gasteiger partial charge in [0.1, 0.15) is 23.0 Å². The standard InChI is InChI=1S/C15H14N4OS/c1-9(13(16)20)19-14-12-11(10-5-3-2-4-6-10)7-21-15(12)18-8-17-14/h2-9H,1H3,(H2,16,20)(H,17,18,19). The van der Waals surface area contributed by atoms with Gasteiger partial charge in [0.25, 0.3) is 0 Å². The van der Waals surface area contributed by atoms with Crippen LogP contribution in [0.25, 0.3) is 21.3 Å². The summed E-state index contributed by atoms with van der Waals surface area (Å²) >= 11 is 1.55. The molecule has 1 atom stereocenters. The summed E-state index contributed by atoms with van der Waals surface area (Å²) in [5, 5.41) is 6.03. The number of thiophene rings is 1. The first-order valence-corrected chi connectivity index (χ1v) is 7.38. The zero-order valence-electron chi connectivity index (χ0n) is 11.4. The maximum atomic E-state index is 11.3. The Morgan fingerprint density at radius 1 is 1.29 bits per heavy atom. The number of carbonyl (C=O) groups excluding carboxylic acids is 1. The summed E-state index contributed by atoms with van der Waals surface area (Å²) in [4.78, 5) is 20.7. The van der Waals surface area contributed by atoms with Gasteiger partial charge < -0.3 is 11.1 Å². The summed E-state index contributed by atoms with van der Waals surface area (Å²) in [5.41, 5.74) is 7.45. The number of nitrogens with zero attached hydrogens (tertiary/aromatic N) is 2. The van der Waals surface area contributed by atoms with Crippen LogP contribution < -0.4 is 11.1 Å². The first-order valence-electron chi connectivity index (χ1n) is 6.50. The van der Waals surface area contributed by atoms with E-state index in [2.05, 4.69) is 20.7 Å². The molecule has 21 heavy (non-hydrogen) atoms. The van der Waals surface area contributed by atoms with E-state index in [0.717, 1.165) is 21.3 Å². The van der Waals surface area contributed by atoms with E-state index in [9.17, 15) is 4.79 Å². The van der Waals surface area contributed by atoms with Gasteiger partial charge in [-0.3, -0.25) is 4.79 Å². The smallest absolute Gasteiger partial charge is 0.239 e. The van der Waals surface area contributed by atoms with E-state index in [1.807, 2.05) is 30.3 Å². The molecular formula is C15H14N4OS. The fourth-order valence-corrected chi connectivity index (χ4v) is 3.01. The summed E-state index contributed by atoms with van der Waals surface area (Å²) in [6, 6.07) is 9.53. The monoisotopic (exact) mass is 298 g/mol. The number of nitrogens with two attached hydrogens (primary N) is 1. The average molecular weight is 298 g/mol. The van der Waals surface area contributed by atoms with Crippen molar-refractivity contribution in [2.24, 2.45) is 5.73 Å². The first kappa shape index (κ1) is 13.5. The molecule has 1 aromatic carbocycles.